The van der Waals surface area contributed by atoms with Crippen molar-refractivity contribution in [2.45, 2.75) is 32.7 Å². The molecule has 6 heteroatoms. The summed E-state index contributed by atoms with van der Waals surface area (Å²) in [7, 11) is 0. The molecule has 0 atom stereocenters. The Balaban J connectivity index is 1.68. The van der Waals surface area contributed by atoms with Crippen molar-refractivity contribution < 1.29 is 4.79 Å². The van der Waals surface area contributed by atoms with Crippen LogP contribution in [0.4, 0.5) is 10.8 Å². The number of nitrogens with zero attached hydrogens (tertiary/aromatic N) is 3. The molecule has 2 aromatic carbocycles. The van der Waals surface area contributed by atoms with E-state index in [1.165, 1.54) is 23.0 Å². The van der Waals surface area contributed by atoms with E-state index in [-0.39, 0.29) is 17.9 Å². The smallest absolute Gasteiger partial charge is 0.250 e. The summed E-state index contributed by atoms with van der Waals surface area (Å²) >= 11 is 1.49. The van der Waals surface area contributed by atoms with Crippen molar-refractivity contribution in [3.8, 4) is 0 Å². The maximum Gasteiger partial charge on any atom is 0.250 e. The molecule has 0 radical (unpaired) electrons. The van der Waals surface area contributed by atoms with E-state index in [2.05, 4.69) is 26.0 Å². The second-order valence-corrected chi connectivity index (χ2v) is 8.43. The molecule has 0 unspecified atom stereocenters. The van der Waals surface area contributed by atoms with E-state index in [0.29, 0.717) is 17.6 Å². The van der Waals surface area contributed by atoms with Gasteiger partial charge in [-0.05, 0) is 41.8 Å². The van der Waals surface area contributed by atoms with Gasteiger partial charge in [0.05, 0.1) is 15.9 Å². The maximum atomic E-state index is 13.3. The second kappa shape index (κ2) is 8.63. The summed E-state index contributed by atoms with van der Waals surface area (Å²) in [4.78, 5) is 31.7. The van der Waals surface area contributed by atoms with Crippen molar-refractivity contribution in [3.63, 3.8) is 0 Å². The lowest BCUT2D eigenvalue weighted by Crippen LogP contribution is -2.28. The number of carbonyl (C=O) groups excluding carboxylic acids is 1. The van der Waals surface area contributed by atoms with Gasteiger partial charge in [0.25, 0.3) is 5.56 Å². The van der Waals surface area contributed by atoms with Crippen LogP contribution in [0, 0.1) is 0 Å². The molecule has 0 spiro atoms. The predicted octanol–water partition coefficient (Wildman–Crippen LogP) is 5.34. The fourth-order valence-electron chi connectivity index (χ4n) is 3.30. The number of hydrogen-bond donors (Lipinski definition) is 0. The lowest BCUT2D eigenvalue weighted by atomic mass is 10.0. The number of rotatable bonds is 6. The largest absolute Gasteiger partial charge is 0.315 e. The molecule has 0 N–H and O–H groups in total. The molecule has 0 aliphatic rings. The summed E-state index contributed by atoms with van der Waals surface area (Å²) < 4.78 is 2.58. The van der Waals surface area contributed by atoms with Gasteiger partial charge >= 0.3 is 0 Å². The van der Waals surface area contributed by atoms with Gasteiger partial charge in [0, 0.05) is 25.2 Å². The van der Waals surface area contributed by atoms with Crippen LogP contribution in [0.3, 0.4) is 0 Å². The second-order valence-electron chi connectivity index (χ2n) is 7.42. The zero-order valence-corrected chi connectivity index (χ0v) is 17.8. The van der Waals surface area contributed by atoms with Crippen LogP contribution in [0.15, 0.2) is 77.7 Å². The third kappa shape index (κ3) is 4.19. The fraction of sp³-hybridized carbons (Fsp3) is 0.208. The van der Waals surface area contributed by atoms with Crippen molar-refractivity contribution >= 4 is 38.3 Å². The standard InChI is InChI=1S/C24H23N3O2S/c1-17(2)18-10-12-19(13-11-18)27(24-25-20-7-3-4-8-21(20)30-24)23(29)14-16-26-15-6-5-9-22(26)28/h3-13,15,17H,14,16H2,1-2H3. The van der Waals surface area contributed by atoms with E-state index in [0.717, 1.165) is 15.9 Å². The third-order valence-corrected chi connectivity index (χ3v) is 6.03. The molecule has 152 valence electrons. The number of thiazole rings is 1. The number of anilines is 2. The molecular weight excluding hydrogens is 394 g/mol. The van der Waals surface area contributed by atoms with Crippen molar-refractivity contribution in [1.82, 2.24) is 9.55 Å². The van der Waals surface area contributed by atoms with E-state index in [4.69, 9.17) is 4.98 Å². The Kier molecular flexibility index (Phi) is 5.77. The summed E-state index contributed by atoms with van der Waals surface area (Å²) in [6.07, 6.45) is 1.90. The van der Waals surface area contributed by atoms with Gasteiger partial charge in [0.1, 0.15) is 0 Å². The topological polar surface area (TPSA) is 55.2 Å². The third-order valence-electron chi connectivity index (χ3n) is 5.01. The summed E-state index contributed by atoms with van der Waals surface area (Å²) in [6, 6.07) is 20.9. The quantitative estimate of drug-likeness (QED) is 0.426. The molecule has 2 aromatic heterocycles. The van der Waals surface area contributed by atoms with Crippen LogP contribution >= 0.6 is 11.3 Å². The Hall–Kier alpha value is -3.25. The number of aromatic nitrogens is 2. The van der Waals surface area contributed by atoms with Gasteiger partial charge in [-0.3, -0.25) is 14.5 Å². The summed E-state index contributed by atoms with van der Waals surface area (Å²) in [5.41, 5.74) is 2.75. The van der Waals surface area contributed by atoms with Gasteiger partial charge < -0.3 is 4.57 Å². The Morgan fingerprint density at radius 2 is 1.77 bits per heavy atom. The van der Waals surface area contributed by atoms with Crippen molar-refractivity contribution in [2.24, 2.45) is 0 Å². The van der Waals surface area contributed by atoms with Crippen LogP contribution in [0.2, 0.25) is 0 Å². The van der Waals surface area contributed by atoms with Gasteiger partial charge in [-0.2, -0.15) is 0 Å². The van der Waals surface area contributed by atoms with Crippen LogP contribution in [-0.2, 0) is 11.3 Å². The Bertz CT molecular complexity index is 1190. The Labute approximate surface area is 179 Å². The summed E-state index contributed by atoms with van der Waals surface area (Å²) in [5.74, 6) is 0.317. The average molecular weight is 418 g/mol. The van der Waals surface area contributed by atoms with Gasteiger partial charge in [-0.15, -0.1) is 0 Å². The van der Waals surface area contributed by atoms with Crippen LogP contribution in [-0.4, -0.2) is 15.5 Å². The van der Waals surface area contributed by atoms with E-state index >= 15 is 0 Å². The number of pyridine rings is 1. The minimum absolute atomic E-state index is 0.0953. The highest BCUT2D eigenvalue weighted by molar-refractivity contribution is 7.22. The van der Waals surface area contributed by atoms with Crippen molar-refractivity contribution in [2.75, 3.05) is 4.90 Å². The first-order valence-corrected chi connectivity index (χ1v) is 10.8. The fourth-order valence-corrected chi connectivity index (χ4v) is 4.30. The van der Waals surface area contributed by atoms with Crippen LogP contribution in [0.25, 0.3) is 10.2 Å². The lowest BCUT2D eigenvalue weighted by molar-refractivity contribution is -0.118. The monoisotopic (exact) mass is 417 g/mol. The summed E-state index contributed by atoms with van der Waals surface area (Å²) in [6.45, 7) is 4.61. The number of carbonyl (C=O) groups is 1. The molecule has 4 rings (SSSR count). The number of benzene rings is 2. The predicted molar refractivity (Wildman–Crippen MR) is 123 cm³/mol. The molecule has 4 aromatic rings. The maximum absolute atomic E-state index is 13.3. The molecule has 5 nitrogen and oxygen atoms in total. The van der Waals surface area contributed by atoms with Crippen LogP contribution in [0.1, 0.15) is 31.7 Å². The minimum atomic E-state index is -0.113. The normalized spacial score (nSPS) is 11.2. The zero-order chi connectivity index (χ0) is 21.1. The van der Waals surface area contributed by atoms with Gasteiger partial charge in [-0.1, -0.05) is 55.5 Å². The van der Waals surface area contributed by atoms with Crippen molar-refractivity contribution in [1.29, 1.82) is 0 Å². The molecule has 30 heavy (non-hydrogen) atoms. The van der Waals surface area contributed by atoms with Crippen LogP contribution < -0.4 is 10.5 Å². The Morgan fingerprint density at radius 3 is 2.47 bits per heavy atom. The number of para-hydroxylation sites is 1. The first-order chi connectivity index (χ1) is 14.5. The Morgan fingerprint density at radius 1 is 1.03 bits per heavy atom. The molecule has 2 heterocycles. The highest BCUT2D eigenvalue weighted by Gasteiger charge is 2.22. The van der Waals surface area contributed by atoms with E-state index < -0.39 is 0 Å². The SMILES string of the molecule is CC(C)c1ccc(N(C(=O)CCn2ccccc2=O)c2nc3ccccc3s2)cc1. The number of aryl methyl sites for hydroxylation is 1. The van der Waals surface area contributed by atoms with Gasteiger partial charge in [0.2, 0.25) is 5.91 Å². The average Bonchev–Trinajstić information content (AvgIpc) is 3.17. The number of amides is 1. The molecule has 1 amide bonds. The van der Waals surface area contributed by atoms with Gasteiger partial charge in [-0.25, -0.2) is 4.98 Å². The van der Waals surface area contributed by atoms with Crippen LogP contribution in [0.5, 0.6) is 0 Å². The highest BCUT2D eigenvalue weighted by atomic mass is 32.1. The molecular formula is C24H23N3O2S. The van der Waals surface area contributed by atoms with E-state index in [1.54, 1.807) is 27.8 Å². The van der Waals surface area contributed by atoms with E-state index in [9.17, 15) is 9.59 Å². The van der Waals surface area contributed by atoms with E-state index in [1.807, 2.05) is 36.4 Å². The first-order valence-electron chi connectivity index (χ1n) is 9.97. The van der Waals surface area contributed by atoms with Gasteiger partial charge in [0.15, 0.2) is 5.13 Å². The first kappa shape index (κ1) is 20.0. The zero-order valence-electron chi connectivity index (χ0n) is 17.0. The van der Waals surface area contributed by atoms with Crippen molar-refractivity contribution in [3.05, 3.63) is 88.8 Å². The minimum Gasteiger partial charge on any atom is -0.315 e. The lowest BCUT2D eigenvalue weighted by Gasteiger charge is -2.21. The molecule has 0 aliphatic carbocycles. The number of fused-ring (bicyclic) bond motifs is 1. The molecule has 0 saturated heterocycles. The highest BCUT2D eigenvalue weighted by Crippen LogP contribution is 2.34. The molecule has 0 fully saturated rings. The number of hydrogen-bond acceptors (Lipinski definition) is 4. The molecule has 0 aliphatic heterocycles. The molecule has 0 bridgehead atoms. The summed E-state index contributed by atoms with van der Waals surface area (Å²) in [5, 5.41) is 0.638. The molecule has 0 saturated carbocycles.